The second kappa shape index (κ2) is 5.18. The number of rotatable bonds is 4. The number of methoxy groups -OCH3 is 1. The third kappa shape index (κ3) is 2.70. The van der Waals surface area contributed by atoms with Gasteiger partial charge in [0.15, 0.2) is 0 Å². The molecule has 0 radical (unpaired) electrons. The summed E-state index contributed by atoms with van der Waals surface area (Å²) in [5.41, 5.74) is 11.6. The lowest BCUT2D eigenvalue weighted by molar-refractivity contribution is 0.396. The standard InChI is InChI=1S/C9H14N4O/c1-14-8-7(4-2-3-5-10)6-12-9(11)13-8/h2,4,6H,3,5,10H2,1H3,(H2,11,12,13)/b4-2+. The fourth-order valence-corrected chi connectivity index (χ4v) is 0.973. The number of nitrogens with two attached hydrogens (primary N) is 2. The van der Waals surface area contributed by atoms with Crippen LogP contribution in [0.3, 0.4) is 0 Å². The van der Waals surface area contributed by atoms with Crippen LogP contribution < -0.4 is 16.2 Å². The van der Waals surface area contributed by atoms with Gasteiger partial charge in [-0.15, -0.1) is 0 Å². The summed E-state index contributed by atoms with van der Waals surface area (Å²) < 4.78 is 5.04. The molecule has 4 N–H and O–H groups in total. The molecule has 0 saturated carbocycles. The van der Waals surface area contributed by atoms with E-state index in [1.165, 1.54) is 0 Å². The maximum Gasteiger partial charge on any atom is 0.225 e. The summed E-state index contributed by atoms with van der Waals surface area (Å²) in [6, 6.07) is 0. The highest BCUT2D eigenvalue weighted by atomic mass is 16.5. The fourth-order valence-electron chi connectivity index (χ4n) is 0.973. The first-order chi connectivity index (χ1) is 6.77. The first-order valence-corrected chi connectivity index (χ1v) is 4.31. The lowest BCUT2D eigenvalue weighted by Crippen LogP contribution is -1.99. The Balaban J connectivity index is 2.85. The normalized spacial score (nSPS) is 10.7. The summed E-state index contributed by atoms with van der Waals surface area (Å²) in [6.07, 6.45) is 6.24. The van der Waals surface area contributed by atoms with Gasteiger partial charge in [-0.1, -0.05) is 12.2 Å². The van der Waals surface area contributed by atoms with Crippen LogP contribution in [0, 0.1) is 0 Å². The van der Waals surface area contributed by atoms with Crippen molar-refractivity contribution in [2.24, 2.45) is 5.73 Å². The van der Waals surface area contributed by atoms with Crippen molar-refractivity contribution in [3.05, 3.63) is 17.8 Å². The van der Waals surface area contributed by atoms with Gasteiger partial charge in [0, 0.05) is 6.20 Å². The van der Waals surface area contributed by atoms with Gasteiger partial charge in [-0.05, 0) is 13.0 Å². The van der Waals surface area contributed by atoms with Crippen LogP contribution in [-0.4, -0.2) is 23.6 Å². The summed E-state index contributed by atoms with van der Waals surface area (Å²) >= 11 is 0. The summed E-state index contributed by atoms with van der Waals surface area (Å²) in [4.78, 5) is 7.80. The van der Waals surface area contributed by atoms with Crippen LogP contribution in [0.1, 0.15) is 12.0 Å². The van der Waals surface area contributed by atoms with Crippen LogP contribution in [0.15, 0.2) is 12.3 Å². The van der Waals surface area contributed by atoms with Gasteiger partial charge in [-0.3, -0.25) is 0 Å². The minimum Gasteiger partial charge on any atom is -0.480 e. The van der Waals surface area contributed by atoms with Gasteiger partial charge in [0.2, 0.25) is 11.8 Å². The summed E-state index contributed by atoms with van der Waals surface area (Å²) in [7, 11) is 1.54. The van der Waals surface area contributed by atoms with Crippen molar-refractivity contribution in [3.63, 3.8) is 0 Å². The van der Waals surface area contributed by atoms with Crippen molar-refractivity contribution in [2.75, 3.05) is 19.4 Å². The van der Waals surface area contributed by atoms with E-state index in [9.17, 15) is 0 Å². The molecule has 0 bridgehead atoms. The molecule has 1 heterocycles. The van der Waals surface area contributed by atoms with E-state index in [4.69, 9.17) is 16.2 Å². The van der Waals surface area contributed by atoms with Crippen molar-refractivity contribution in [1.82, 2.24) is 9.97 Å². The molecule has 0 atom stereocenters. The quantitative estimate of drug-likeness (QED) is 0.725. The first-order valence-electron chi connectivity index (χ1n) is 4.31. The zero-order valence-electron chi connectivity index (χ0n) is 8.10. The van der Waals surface area contributed by atoms with Crippen LogP contribution in [0.2, 0.25) is 0 Å². The molecule has 5 heteroatoms. The van der Waals surface area contributed by atoms with E-state index in [0.717, 1.165) is 12.0 Å². The molecule has 0 aliphatic rings. The number of nitrogen functional groups attached to an aromatic ring is 1. The molecule has 0 aromatic carbocycles. The average Bonchev–Trinajstić information content (AvgIpc) is 2.20. The highest BCUT2D eigenvalue weighted by Crippen LogP contribution is 2.16. The number of aromatic nitrogens is 2. The van der Waals surface area contributed by atoms with Gasteiger partial charge in [0.1, 0.15) is 0 Å². The third-order valence-electron chi connectivity index (χ3n) is 1.62. The topological polar surface area (TPSA) is 87.0 Å². The fraction of sp³-hybridized carbons (Fsp3) is 0.333. The molecule has 1 aromatic heterocycles. The molecule has 1 rings (SSSR count). The second-order valence-corrected chi connectivity index (χ2v) is 2.67. The lowest BCUT2D eigenvalue weighted by atomic mass is 10.2. The maximum atomic E-state index is 5.41. The monoisotopic (exact) mass is 194 g/mol. The minimum atomic E-state index is 0.206. The first kappa shape index (κ1) is 10.5. The van der Waals surface area contributed by atoms with Gasteiger partial charge in [0.25, 0.3) is 0 Å². The van der Waals surface area contributed by atoms with Crippen LogP contribution in [0.4, 0.5) is 5.95 Å². The Labute approximate surface area is 82.8 Å². The zero-order chi connectivity index (χ0) is 10.4. The van der Waals surface area contributed by atoms with Crippen LogP contribution >= 0.6 is 0 Å². The molecule has 0 amide bonds. The van der Waals surface area contributed by atoms with E-state index < -0.39 is 0 Å². The Bertz CT molecular complexity index is 325. The molecule has 1 aromatic rings. The number of nitrogens with zero attached hydrogens (tertiary/aromatic N) is 2. The Morgan fingerprint density at radius 1 is 1.57 bits per heavy atom. The van der Waals surface area contributed by atoms with Crippen molar-refractivity contribution < 1.29 is 4.74 Å². The molecular formula is C9H14N4O. The van der Waals surface area contributed by atoms with E-state index in [1.807, 2.05) is 12.2 Å². The van der Waals surface area contributed by atoms with Crippen molar-refractivity contribution >= 4 is 12.0 Å². The molecule has 0 aliphatic carbocycles. The predicted octanol–water partition coefficient (Wildman–Crippen LogP) is 0.429. The molecule has 0 saturated heterocycles. The van der Waals surface area contributed by atoms with E-state index in [2.05, 4.69) is 9.97 Å². The van der Waals surface area contributed by atoms with Gasteiger partial charge in [-0.2, -0.15) is 4.98 Å². The highest BCUT2D eigenvalue weighted by molar-refractivity contribution is 5.54. The van der Waals surface area contributed by atoms with Crippen LogP contribution in [0.5, 0.6) is 5.88 Å². The van der Waals surface area contributed by atoms with E-state index in [-0.39, 0.29) is 5.95 Å². The molecule has 5 nitrogen and oxygen atoms in total. The molecule has 0 unspecified atom stereocenters. The minimum absolute atomic E-state index is 0.206. The smallest absolute Gasteiger partial charge is 0.225 e. The van der Waals surface area contributed by atoms with Gasteiger partial charge >= 0.3 is 0 Å². The molecular weight excluding hydrogens is 180 g/mol. The summed E-state index contributed by atoms with van der Waals surface area (Å²) in [5.74, 6) is 0.684. The van der Waals surface area contributed by atoms with Crippen molar-refractivity contribution in [1.29, 1.82) is 0 Å². The third-order valence-corrected chi connectivity index (χ3v) is 1.62. The van der Waals surface area contributed by atoms with E-state index >= 15 is 0 Å². The summed E-state index contributed by atoms with van der Waals surface area (Å²) in [5, 5.41) is 0. The maximum absolute atomic E-state index is 5.41. The Morgan fingerprint density at radius 2 is 2.36 bits per heavy atom. The Morgan fingerprint density at radius 3 is 3.00 bits per heavy atom. The van der Waals surface area contributed by atoms with Gasteiger partial charge < -0.3 is 16.2 Å². The van der Waals surface area contributed by atoms with Crippen molar-refractivity contribution in [2.45, 2.75) is 6.42 Å². The molecule has 0 spiro atoms. The van der Waals surface area contributed by atoms with E-state index in [0.29, 0.717) is 12.4 Å². The number of anilines is 1. The number of hydrogen-bond acceptors (Lipinski definition) is 5. The van der Waals surface area contributed by atoms with Crippen LogP contribution in [-0.2, 0) is 0 Å². The zero-order valence-corrected chi connectivity index (χ0v) is 8.10. The van der Waals surface area contributed by atoms with Crippen LogP contribution in [0.25, 0.3) is 6.08 Å². The second-order valence-electron chi connectivity index (χ2n) is 2.67. The molecule has 14 heavy (non-hydrogen) atoms. The van der Waals surface area contributed by atoms with Gasteiger partial charge in [0.05, 0.1) is 12.7 Å². The highest BCUT2D eigenvalue weighted by Gasteiger charge is 2.01. The molecule has 76 valence electrons. The number of hydrogen-bond donors (Lipinski definition) is 2. The predicted molar refractivity (Wildman–Crippen MR) is 55.7 cm³/mol. The van der Waals surface area contributed by atoms with Crippen molar-refractivity contribution in [3.8, 4) is 5.88 Å². The lowest BCUT2D eigenvalue weighted by Gasteiger charge is -2.02. The Hall–Kier alpha value is -1.62. The number of ether oxygens (including phenoxy) is 1. The van der Waals surface area contributed by atoms with Gasteiger partial charge in [-0.25, -0.2) is 4.98 Å². The summed E-state index contributed by atoms with van der Waals surface area (Å²) in [6.45, 7) is 0.620. The average molecular weight is 194 g/mol. The Kier molecular flexibility index (Phi) is 3.87. The van der Waals surface area contributed by atoms with E-state index in [1.54, 1.807) is 13.3 Å². The molecule has 0 aliphatic heterocycles. The SMILES string of the molecule is COc1nc(N)ncc1/C=C/CCN. The molecule has 0 fully saturated rings. The largest absolute Gasteiger partial charge is 0.480 e.